The number of piperidine rings is 1. The molecule has 0 radical (unpaired) electrons. The van der Waals surface area contributed by atoms with Crippen LogP contribution in [0.5, 0.6) is 0 Å². The van der Waals surface area contributed by atoms with Crippen LogP contribution in [0.1, 0.15) is 18.4 Å². The maximum atomic E-state index is 8.84. The molecule has 0 aliphatic carbocycles. The van der Waals surface area contributed by atoms with Gasteiger partial charge < -0.3 is 10.6 Å². The molecule has 0 atom stereocenters. The van der Waals surface area contributed by atoms with Crippen molar-refractivity contribution in [1.29, 1.82) is 10.5 Å². The molecule has 4 heteroatoms. The molecule has 1 aromatic carbocycles. The molecule has 86 valence electrons. The minimum Gasteiger partial charge on any atom is -0.397 e. The van der Waals surface area contributed by atoms with E-state index in [1.807, 2.05) is 6.07 Å². The van der Waals surface area contributed by atoms with Crippen LogP contribution in [-0.4, -0.2) is 13.1 Å². The molecular weight excluding hydrogens is 212 g/mol. The van der Waals surface area contributed by atoms with Gasteiger partial charge in [-0.2, -0.15) is 10.5 Å². The Morgan fingerprint density at radius 3 is 2.47 bits per heavy atom. The lowest BCUT2D eigenvalue weighted by molar-refractivity contribution is 0.488. The van der Waals surface area contributed by atoms with E-state index in [4.69, 9.17) is 16.3 Å². The number of anilines is 2. The van der Waals surface area contributed by atoms with Crippen LogP contribution in [-0.2, 0) is 0 Å². The molecule has 1 fully saturated rings. The summed E-state index contributed by atoms with van der Waals surface area (Å²) < 4.78 is 0. The Hall–Kier alpha value is -2.20. The molecule has 0 bridgehead atoms. The molecule has 1 aromatic rings. The number of nitrogens with zero attached hydrogens (tertiary/aromatic N) is 3. The predicted molar refractivity (Wildman–Crippen MR) is 66.1 cm³/mol. The van der Waals surface area contributed by atoms with Gasteiger partial charge in [0.1, 0.15) is 0 Å². The van der Waals surface area contributed by atoms with Crippen molar-refractivity contribution in [2.75, 3.05) is 23.7 Å². The summed E-state index contributed by atoms with van der Waals surface area (Å²) in [5.74, 6) is 0.172. The van der Waals surface area contributed by atoms with Gasteiger partial charge in [0.15, 0.2) is 0 Å². The molecule has 0 amide bonds. The molecule has 1 aliphatic rings. The summed E-state index contributed by atoms with van der Waals surface area (Å²) in [4.78, 5) is 2.18. The fourth-order valence-corrected chi connectivity index (χ4v) is 2.16. The Balaban J connectivity index is 2.14. The van der Waals surface area contributed by atoms with Crippen LogP contribution in [0.25, 0.3) is 0 Å². The fraction of sp³-hybridized carbons (Fsp3) is 0.385. The maximum Gasteiger partial charge on any atom is 0.0992 e. The Morgan fingerprint density at radius 1 is 1.24 bits per heavy atom. The topological polar surface area (TPSA) is 76.8 Å². The summed E-state index contributed by atoms with van der Waals surface area (Å²) in [7, 11) is 0. The van der Waals surface area contributed by atoms with Crippen LogP contribution in [0, 0.1) is 28.6 Å². The van der Waals surface area contributed by atoms with Gasteiger partial charge >= 0.3 is 0 Å². The van der Waals surface area contributed by atoms with E-state index in [2.05, 4.69) is 17.0 Å². The fourth-order valence-electron chi connectivity index (χ4n) is 2.16. The summed E-state index contributed by atoms with van der Waals surface area (Å²) in [5.41, 5.74) is 8.13. The minimum atomic E-state index is 0.172. The third kappa shape index (κ3) is 2.32. The van der Waals surface area contributed by atoms with Gasteiger partial charge in [-0.15, -0.1) is 0 Å². The lowest BCUT2D eigenvalue weighted by Gasteiger charge is -2.31. The highest BCUT2D eigenvalue weighted by atomic mass is 15.1. The van der Waals surface area contributed by atoms with Crippen molar-refractivity contribution in [3.8, 4) is 12.1 Å². The summed E-state index contributed by atoms with van der Waals surface area (Å²) in [6, 6.07) is 9.75. The zero-order valence-electron chi connectivity index (χ0n) is 9.56. The van der Waals surface area contributed by atoms with Crippen LogP contribution in [0.3, 0.4) is 0 Å². The van der Waals surface area contributed by atoms with Crippen molar-refractivity contribution >= 4 is 11.4 Å². The molecular formula is C13H14N4. The van der Waals surface area contributed by atoms with Crippen molar-refractivity contribution in [1.82, 2.24) is 0 Å². The summed E-state index contributed by atoms with van der Waals surface area (Å²) >= 11 is 0. The second-order valence-corrected chi connectivity index (χ2v) is 4.28. The van der Waals surface area contributed by atoms with E-state index in [0.29, 0.717) is 11.3 Å². The zero-order valence-corrected chi connectivity index (χ0v) is 9.56. The van der Waals surface area contributed by atoms with Crippen molar-refractivity contribution in [2.24, 2.45) is 5.92 Å². The van der Waals surface area contributed by atoms with E-state index in [0.717, 1.165) is 31.6 Å². The molecule has 2 N–H and O–H groups in total. The number of hydrogen-bond acceptors (Lipinski definition) is 4. The summed E-state index contributed by atoms with van der Waals surface area (Å²) in [5, 5.41) is 17.6. The number of hydrogen-bond donors (Lipinski definition) is 1. The van der Waals surface area contributed by atoms with Gasteiger partial charge in [0.05, 0.1) is 29.1 Å². The van der Waals surface area contributed by atoms with Gasteiger partial charge in [-0.1, -0.05) is 0 Å². The first kappa shape index (κ1) is 11.3. The number of nitrogens with two attached hydrogens (primary N) is 1. The van der Waals surface area contributed by atoms with Gasteiger partial charge in [-0.25, -0.2) is 0 Å². The quantitative estimate of drug-likeness (QED) is 0.742. The second kappa shape index (κ2) is 4.76. The average molecular weight is 226 g/mol. The molecule has 0 saturated carbocycles. The number of nitriles is 2. The smallest absolute Gasteiger partial charge is 0.0992 e. The molecule has 17 heavy (non-hydrogen) atoms. The van der Waals surface area contributed by atoms with E-state index < -0.39 is 0 Å². The van der Waals surface area contributed by atoms with Crippen LogP contribution in [0.4, 0.5) is 11.4 Å². The molecule has 1 aliphatic heterocycles. The standard InChI is InChI=1S/C13H14N4/c14-8-10-3-5-17(6-4-10)13-2-1-11(9-15)7-12(13)16/h1-2,7,10H,3-6,16H2. The summed E-state index contributed by atoms with van der Waals surface area (Å²) in [6.45, 7) is 1.71. The average Bonchev–Trinajstić information content (AvgIpc) is 2.39. The van der Waals surface area contributed by atoms with Crippen LogP contribution in [0.15, 0.2) is 18.2 Å². The van der Waals surface area contributed by atoms with E-state index in [1.165, 1.54) is 0 Å². The molecule has 1 heterocycles. The number of benzene rings is 1. The zero-order chi connectivity index (χ0) is 12.3. The normalized spacial score (nSPS) is 16.2. The van der Waals surface area contributed by atoms with E-state index in [9.17, 15) is 0 Å². The highest BCUT2D eigenvalue weighted by Crippen LogP contribution is 2.28. The van der Waals surface area contributed by atoms with Crippen LogP contribution >= 0.6 is 0 Å². The molecule has 0 aromatic heterocycles. The molecule has 0 unspecified atom stereocenters. The number of rotatable bonds is 1. The first-order valence-corrected chi connectivity index (χ1v) is 5.69. The van der Waals surface area contributed by atoms with Gasteiger partial charge in [-0.05, 0) is 31.0 Å². The van der Waals surface area contributed by atoms with Crippen molar-refractivity contribution in [2.45, 2.75) is 12.8 Å². The van der Waals surface area contributed by atoms with Crippen molar-refractivity contribution in [3.63, 3.8) is 0 Å². The summed E-state index contributed by atoms with van der Waals surface area (Å²) in [6.07, 6.45) is 1.77. The first-order chi connectivity index (χ1) is 8.24. The first-order valence-electron chi connectivity index (χ1n) is 5.69. The third-order valence-electron chi connectivity index (χ3n) is 3.17. The molecule has 1 saturated heterocycles. The van der Waals surface area contributed by atoms with Crippen LogP contribution in [0.2, 0.25) is 0 Å². The van der Waals surface area contributed by atoms with Crippen molar-refractivity contribution < 1.29 is 0 Å². The molecule has 2 rings (SSSR count). The molecule has 4 nitrogen and oxygen atoms in total. The largest absolute Gasteiger partial charge is 0.397 e. The highest BCUT2D eigenvalue weighted by molar-refractivity contribution is 5.69. The van der Waals surface area contributed by atoms with Gasteiger partial charge in [0.25, 0.3) is 0 Å². The third-order valence-corrected chi connectivity index (χ3v) is 3.17. The lowest BCUT2D eigenvalue weighted by atomic mass is 9.98. The highest BCUT2D eigenvalue weighted by Gasteiger charge is 2.20. The minimum absolute atomic E-state index is 0.172. The Labute approximate surface area is 101 Å². The Morgan fingerprint density at radius 2 is 1.94 bits per heavy atom. The van der Waals surface area contributed by atoms with E-state index in [1.54, 1.807) is 12.1 Å². The van der Waals surface area contributed by atoms with Gasteiger partial charge in [0, 0.05) is 19.0 Å². The van der Waals surface area contributed by atoms with E-state index in [-0.39, 0.29) is 5.92 Å². The maximum absolute atomic E-state index is 8.84. The monoisotopic (exact) mass is 226 g/mol. The Kier molecular flexibility index (Phi) is 3.16. The Bertz CT molecular complexity index is 487. The SMILES string of the molecule is N#Cc1ccc(N2CCC(C#N)CC2)c(N)c1. The van der Waals surface area contributed by atoms with Gasteiger partial charge in [-0.3, -0.25) is 0 Å². The van der Waals surface area contributed by atoms with Crippen LogP contribution < -0.4 is 10.6 Å². The second-order valence-electron chi connectivity index (χ2n) is 4.28. The molecule has 0 spiro atoms. The number of nitrogen functional groups attached to an aromatic ring is 1. The predicted octanol–water partition coefficient (Wildman–Crippen LogP) is 1.88. The van der Waals surface area contributed by atoms with Gasteiger partial charge in [0.2, 0.25) is 0 Å². The van der Waals surface area contributed by atoms with E-state index >= 15 is 0 Å². The van der Waals surface area contributed by atoms with Crippen molar-refractivity contribution in [3.05, 3.63) is 23.8 Å². The lowest BCUT2D eigenvalue weighted by Crippen LogP contribution is -2.33.